The van der Waals surface area contributed by atoms with E-state index < -0.39 is 15.9 Å². The molecule has 1 fully saturated rings. The first-order chi connectivity index (χ1) is 14.5. The van der Waals surface area contributed by atoms with E-state index in [2.05, 4.69) is 10.3 Å². The Labute approximate surface area is 177 Å². The van der Waals surface area contributed by atoms with Crippen LogP contribution >= 0.6 is 0 Å². The average molecular weight is 434 g/mol. The van der Waals surface area contributed by atoms with Gasteiger partial charge in [-0.05, 0) is 57.0 Å². The van der Waals surface area contributed by atoms with Gasteiger partial charge < -0.3 is 14.8 Å². The predicted molar refractivity (Wildman–Crippen MR) is 114 cm³/mol. The van der Waals surface area contributed by atoms with E-state index in [-0.39, 0.29) is 22.1 Å². The highest BCUT2D eigenvalue weighted by molar-refractivity contribution is 7.89. The number of nitrogens with one attached hydrogen (secondary N) is 1. The summed E-state index contributed by atoms with van der Waals surface area (Å²) in [5.41, 5.74) is 0.624. The van der Waals surface area contributed by atoms with E-state index in [9.17, 15) is 13.2 Å². The number of sulfonamides is 1. The van der Waals surface area contributed by atoms with Crippen LogP contribution in [0, 0.1) is 0 Å². The third-order valence-electron chi connectivity index (χ3n) is 4.73. The van der Waals surface area contributed by atoms with Gasteiger partial charge in [-0.15, -0.1) is 0 Å². The number of hydrogen-bond donors (Lipinski definition) is 1. The number of carbonyl (C=O) groups excluding carboxylic acids is 1. The zero-order valence-corrected chi connectivity index (χ0v) is 18.1. The van der Waals surface area contributed by atoms with Gasteiger partial charge in [-0.25, -0.2) is 13.4 Å². The summed E-state index contributed by atoms with van der Waals surface area (Å²) >= 11 is 0. The zero-order valence-electron chi connectivity index (χ0n) is 17.3. The third kappa shape index (κ3) is 4.91. The quantitative estimate of drug-likeness (QED) is 0.686. The molecule has 1 aliphatic rings. The topological polar surface area (TPSA) is 97.8 Å². The summed E-state index contributed by atoms with van der Waals surface area (Å²) < 4.78 is 38.9. The molecule has 8 nitrogen and oxygen atoms in total. The van der Waals surface area contributed by atoms with Gasteiger partial charge in [0.1, 0.15) is 16.2 Å². The van der Waals surface area contributed by atoms with Crippen molar-refractivity contribution >= 4 is 21.6 Å². The number of hydrogen-bond acceptors (Lipinski definition) is 6. The maximum absolute atomic E-state index is 13.2. The minimum absolute atomic E-state index is 0.0558. The fraction of sp³-hybridized carbons (Fsp3) is 0.429. The summed E-state index contributed by atoms with van der Waals surface area (Å²) in [6.07, 6.45) is 4.23. The lowest BCUT2D eigenvalue weighted by molar-refractivity contribution is 0.102. The smallest absolute Gasteiger partial charge is 0.261 e. The summed E-state index contributed by atoms with van der Waals surface area (Å²) in [5, 5.41) is 2.74. The molecule has 3 rings (SSSR count). The number of aromatic nitrogens is 1. The summed E-state index contributed by atoms with van der Waals surface area (Å²) in [6, 6.07) is 7.89. The number of rotatable bonds is 8. The lowest BCUT2D eigenvalue weighted by Crippen LogP contribution is -2.35. The van der Waals surface area contributed by atoms with E-state index in [1.807, 2.05) is 0 Å². The van der Waals surface area contributed by atoms with E-state index in [1.54, 1.807) is 44.3 Å². The highest BCUT2D eigenvalue weighted by Crippen LogP contribution is 2.31. The normalized spacial score (nSPS) is 14.9. The van der Waals surface area contributed by atoms with Crippen molar-refractivity contribution in [2.75, 3.05) is 31.6 Å². The molecule has 0 saturated carbocycles. The van der Waals surface area contributed by atoms with Crippen LogP contribution in [0.5, 0.6) is 11.6 Å². The molecule has 1 amide bonds. The zero-order chi connectivity index (χ0) is 21.6. The monoisotopic (exact) mass is 433 g/mol. The molecule has 0 bridgehead atoms. The largest absolute Gasteiger partial charge is 0.492 e. The van der Waals surface area contributed by atoms with Crippen LogP contribution in [-0.4, -0.2) is 49.9 Å². The Bertz CT molecular complexity index is 988. The van der Waals surface area contributed by atoms with E-state index >= 15 is 0 Å². The molecule has 0 aliphatic carbocycles. The molecule has 162 valence electrons. The van der Waals surface area contributed by atoms with E-state index in [0.29, 0.717) is 32.0 Å². The first-order valence-electron chi connectivity index (χ1n) is 10.1. The van der Waals surface area contributed by atoms with Gasteiger partial charge in [0, 0.05) is 25.0 Å². The second-order valence-corrected chi connectivity index (χ2v) is 8.71. The Morgan fingerprint density at radius 3 is 2.53 bits per heavy atom. The highest BCUT2D eigenvalue weighted by atomic mass is 32.2. The Morgan fingerprint density at radius 2 is 1.83 bits per heavy atom. The molecule has 1 saturated heterocycles. The van der Waals surface area contributed by atoms with Crippen LogP contribution in [0.3, 0.4) is 0 Å². The standard InChI is InChI=1S/C21H27N3O5S/c1-3-28-18-11-10-16(15-19(18)30(26,27)24-13-6-5-7-14-24)23-20(25)17-9-8-12-22-21(17)29-4-2/h8-12,15H,3-7,13-14H2,1-2H3,(H,23,25). The molecule has 0 radical (unpaired) electrons. The van der Waals surface area contributed by atoms with Crippen molar-refractivity contribution in [3.05, 3.63) is 42.1 Å². The second-order valence-electron chi connectivity index (χ2n) is 6.80. The van der Waals surface area contributed by atoms with Crippen molar-refractivity contribution in [1.82, 2.24) is 9.29 Å². The van der Waals surface area contributed by atoms with Gasteiger partial charge in [0.15, 0.2) is 0 Å². The maximum Gasteiger partial charge on any atom is 0.261 e. The molecule has 0 spiro atoms. The third-order valence-corrected chi connectivity index (χ3v) is 6.65. The number of piperidine rings is 1. The van der Waals surface area contributed by atoms with Crippen LogP contribution in [0.4, 0.5) is 5.69 Å². The first-order valence-corrected chi connectivity index (χ1v) is 11.6. The number of ether oxygens (including phenoxy) is 2. The number of nitrogens with zero attached hydrogens (tertiary/aromatic N) is 2. The lowest BCUT2D eigenvalue weighted by atomic mass is 10.2. The highest BCUT2D eigenvalue weighted by Gasteiger charge is 2.29. The van der Waals surface area contributed by atoms with Gasteiger partial charge in [-0.3, -0.25) is 4.79 Å². The first kappa shape index (κ1) is 22.0. The van der Waals surface area contributed by atoms with Crippen molar-refractivity contribution in [1.29, 1.82) is 0 Å². The van der Waals surface area contributed by atoms with Gasteiger partial charge in [-0.2, -0.15) is 4.31 Å². The van der Waals surface area contributed by atoms with E-state index in [0.717, 1.165) is 19.3 Å². The van der Waals surface area contributed by atoms with Crippen molar-refractivity contribution in [2.45, 2.75) is 38.0 Å². The van der Waals surface area contributed by atoms with Crippen molar-refractivity contribution < 1.29 is 22.7 Å². The molecule has 1 N–H and O–H groups in total. The predicted octanol–water partition coefficient (Wildman–Crippen LogP) is 3.31. The van der Waals surface area contributed by atoms with Gasteiger partial charge in [-0.1, -0.05) is 6.42 Å². The number of pyridine rings is 1. The van der Waals surface area contributed by atoms with E-state index in [4.69, 9.17) is 9.47 Å². The van der Waals surface area contributed by atoms with Crippen LogP contribution in [0.2, 0.25) is 0 Å². The summed E-state index contributed by atoms with van der Waals surface area (Å²) in [4.78, 5) is 16.9. The number of anilines is 1. The van der Waals surface area contributed by atoms with E-state index in [1.165, 1.54) is 10.4 Å². The molecule has 0 atom stereocenters. The number of benzene rings is 1. The van der Waals surface area contributed by atoms with Gasteiger partial charge >= 0.3 is 0 Å². The molecule has 30 heavy (non-hydrogen) atoms. The molecule has 1 aromatic heterocycles. The van der Waals surface area contributed by atoms with Crippen molar-refractivity contribution in [2.24, 2.45) is 0 Å². The summed E-state index contributed by atoms with van der Waals surface area (Å²) in [7, 11) is -3.73. The van der Waals surface area contributed by atoms with Crippen LogP contribution < -0.4 is 14.8 Å². The molecule has 1 aliphatic heterocycles. The fourth-order valence-corrected chi connectivity index (χ4v) is 4.99. The Hall–Kier alpha value is -2.65. The Balaban J connectivity index is 1.92. The molecule has 2 aromatic rings. The Morgan fingerprint density at radius 1 is 1.10 bits per heavy atom. The molecular weight excluding hydrogens is 406 g/mol. The van der Waals surface area contributed by atoms with Gasteiger partial charge in [0.05, 0.1) is 13.2 Å². The molecule has 9 heteroatoms. The molecule has 0 unspecified atom stereocenters. The molecule has 2 heterocycles. The minimum atomic E-state index is -3.73. The molecular formula is C21H27N3O5S. The lowest BCUT2D eigenvalue weighted by Gasteiger charge is -2.27. The summed E-state index contributed by atoms with van der Waals surface area (Å²) in [5.74, 6) is 0.0686. The second kappa shape index (κ2) is 9.90. The average Bonchev–Trinajstić information content (AvgIpc) is 2.76. The fourth-order valence-electron chi connectivity index (χ4n) is 3.32. The van der Waals surface area contributed by atoms with Crippen LogP contribution in [0.25, 0.3) is 0 Å². The SMILES string of the molecule is CCOc1ccc(NC(=O)c2cccnc2OCC)cc1S(=O)(=O)N1CCCCC1. The minimum Gasteiger partial charge on any atom is -0.492 e. The van der Waals surface area contributed by atoms with Crippen LogP contribution in [-0.2, 0) is 10.0 Å². The van der Waals surface area contributed by atoms with Crippen molar-refractivity contribution in [3.8, 4) is 11.6 Å². The molecule has 1 aromatic carbocycles. The van der Waals surface area contributed by atoms with Gasteiger partial charge in [0.2, 0.25) is 15.9 Å². The van der Waals surface area contributed by atoms with Crippen LogP contribution in [0.1, 0.15) is 43.5 Å². The number of amides is 1. The van der Waals surface area contributed by atoms with Crippen molar-refractivity contribution in [3.63, 3.8) is 0 Å². The number of carbonyl (C=O) groups is 1. The van der Waals surface area contributed by atoms with Crippen LogP contribution in [0.15, 0.2) is 41.4 Å². The summed E-state index contributed by atoms with van der Waals surface area (Å²) in [6.45, 7) is 5.28. The maximum atomic E-state index is 13.2. The van der Waals surface area contributed by atoms with Gasteiger partial charge in [0.25, 0.3) is 5.91 Å². The Kier molecular flexibility index (Phi) is 7.28.